The second-order valence-corrected chi connectivity index (χ2v) is 6.34. The van der Waals surface area contributed by atoms with Crippen molar-refractivity contribution < 1.29 is 4.39 Å². The molecule has 5 aromatic rings. The highest BCUT2D eigenvalue weighted by Crippen LogP contribution is 2.28. The zero-order chi connectivity index (χ0) is 19.8. The maximum atomic E-state index is 14.0. The molecular weight excluding hydrogens is 369 g/mol. The monoisotopic (exact) mass is 383 g/mol. The summed E-state index contributed by atoms with van der Waals surface area (Å²) in [5.41, 5.74) is 3.26. The lowest BCUT2D eigenvalue weighted by atomic mass is 10.2. The van der Waals surface area contributed by atoms with Crippen molar-refractivity contribution >= 4 is 28.0 Å². The molecule has 7 nitrogen and oxygen atoms in total. The molecular formula is C21H14FN7. The van der Waals surface area contributed by atoms with Crippen LogP contribution in [0.4, 0.5) is 10.2 Å². The first-order valence-electron chi connectivity index (χ1n) is 8.84. The van der Waals surface area contributed by atoms with Gasteiger partial charge < -0.3 is 10.3 Å². The lowest BCUT2D eigenvalue weighted by Crippen LogP contribution is -2.15. The molecule has 0 fully saturated rings. The Kier molecular flexibility index (Phi) is 3.92. The van der Waals surface area contributed by atoms with Crippen molar-refractivity contribution in [3.8, 4) is 18.0 Å². The Morgan fingerprint density at radius 1 is 1.10 bits per heavy atom. The van der Waals surface area contributed by atoms with E-state index in [4.69, 9.17) is 6.42 Å². The largest absolute Gasteiger partial charge is 0.348 e. The number of imidazole rings is 2. The summed E-state index contributed by atoms with van der Waals surface area (Å²) in [6.45, 7) is 0. The molecule has 3 heterocycles. The number of rotatable bonds is 4. The minimum absolute atomic E-state index is 0.346. The fourth-order valence-corrected chi connectivity index (χ4v) is 3.30. The molecule has 29 heavy (non-hydrogen) atoms. The summed E-state index contributed by atoms with van der Waals surface area (Å²) in [6, 6.07) is 13.4. The number of aromatic nitrogens is 6. The Morgan fingerprint density at radius 2 is 1.97 bits per heavy atom. The van der Waals surface area contributed by atoms with Gasteiger partial charge in [0, 0.05) is 11.8 Å². The van der Waals surface area contributed by atoms with Gasteiger partial charge in [0.15, 0.2) is 11.5 Å². The fourth-order valence-electron chi connectivity index (χ4n) is 3.30. The molecule has 1 unspecified atom stereocenters. The molecule has 0 saturated carbocycles. The molecule has 0 amide bonds. The fraction of sp³-hybridized carbons (Fsp3) is 0.0476. The highest BCUT2D eigenvalue weighted by atomic mass is 19.1. The quantitative estimate of drug-likeness (QED) is 0.463. The Balaban J connectivity index is 1.69. The van der Waals surface area contributed by atoms with Gasteiger partial charge in [0.2, 0.25) is 0 Å². The van der Waals surface area contributed by atoms with Crippen LogP contribution in [0.2, 0.25) is 0 Å². The Hall–Kier alpha value is -4.25. The number of fused-ring (bicyclic) bond motifs is 2. The molecule has 0 aliphatic rings. The average Bonchev–Trinajstić information content (AvgIpc) is 3.37. The van der Waals surface area contributed by atoms with Crippen LogP contribution < -0.4 is 5.32 Å². The summed E-state index contributed by atoms with van der Waals surface area (Å²) in [4.78, 5) is 20.2. The highest BCUT2D eigenvalue weighted by Gasteiger charge is 2.21. The van der Waals surface area contributed by atoms with Crippen LogP contribution in [0.1, 0.15) is 11.9 Å². The van der Waals surface area contributed by atoms with Crippen molar-refractivity contribution in [1.82, 2.24) is 29.5 Å². The van der Waals surface area contributed by atoms with Gasteiger partial charge in [-0.2, -0.15) is 0 Å². The van der Waals surface area contributed by atoms with Crippen LogP contribution >= 0.6 is 0 Å². The van der Waals surface area contributed by atoms with Gasteiger partial charge in [-0.05, 0) is 24.3 Å². The molecule has 1 atom stereocenters. The number of halogens is 1. The van der Waals surface area contributed by atoms with Crippen LogP contribution in [0, 0.1) is 18.2 Å². The number of benzene rings is 2. The van der Waals surface area contributed by atoms with Crippen molar-refractivity contribution in [3.05, 3.63) is 72.8 Å². The first kappa shape index (κ1) is 16.9. The minimum Gasteiger partial charge on any atom is -0.348 e. The summed E-state index contributed by atoms with van der Waals surface area (Å²) >= 11 is 0. The van der Waals surface area contributed by atoms with Gasteiger partial charge in [-0.15, -0.1) is 6.42 Å². The van der Waals surface area contributed by atoms with Crippen LogP contribution in [0.5, 0.6) is 0 Å². The number of anilines is 1. The van der Waals surface area contributed by atoms with Gasteiger partial charge in [0.1, 0.15) is 29.5 Å². The smallest absolute Gasteiger partial charge is 0.182 e. The van der Waals surface area contributed by atoms with Crippen LogP contribution in [0.15, 0.2) is 61.2 Å². The third-order valence-electron chi connectivity index (χ3n) is 4.59. The number of H-pyrrole nitrogens is 1. The van der Waals surface area contributed by atoms with E-state index in [9.17, 15) is 4.39 Å². The van der Waals surface area contributed by atoms with Gasteiger partial charge >= 0.3 is 0 Å². The number of terminal acetylenes is 1. The van der Waals surface area contributed by atoms with Crippen molar-refractivity contribution in [1.29, 1.82) is 0 Å². The summed E-state index contributed by atoms with van der Waals surface area (Å²) < 4.78 is 15.8. The topological polar surface area (TPSA) is 84.3 Å². The molecule has 0 aliphatic carbocycles. The molecule has 140 valence electrons. The van der Waals surface area contributed by atoms with E-state index in [-0.39, 0.29) is 5.82 Å². The zero-order valence-corrected chi connectivity index (χ0v) is 15.0. The second kappa shape index (κ2) is 6.73. The molecule has 0 spiro atoms. The van der Waals surface area contributed by atoms with Crippen LogP contribution in [-0.4, -0.2) is 29.5 Å². The number of hydrogen-bond donors (Lipinski definition) is 2. The van der Waals surface area contributed by atoms with E-state index in [2.05, 4.69) is 36.2 Å². The van der Waals surface area contributed by atoms with Crippen LogP contribution in [0.25, 0.3) is 27.9 Å². The molecule has 0 radical (unpaired) electrons. The standard InChI is InChI=1S/C21H14FN7/c1-2-15(27-20-18-19(24-11-23-18)25-12-26-20)21-28-16-9-8-13(22)10-17(16)29(21)14-6-4-3-5-7-14/h1,3-12,15H,(H2,23,24,25,26,27). The maximum Gasteiger partial charge on any atom is 0.182 e. The number of nitrogens with zero attached hydrogens (tertiary/aromatic N) is 5. The Labute approximate surface area is 164 Å². The number of hydrogen-bond acceptors (Lipinski definition) is 5. The van der Waals surface area contributed by atoms with Gasteiger partial charge in [-0.1, -0.05) is 24.1 Å². The van der Waals surface area contributed by atoms with E-state index in [1.165, 1.54) is 24.8 Å². The third kappa shape index (κ3) is 2.85. The van der Waals surface area contributed by atoms with E-state index in [1.807, 2.05) is 34.9 Å². The normalized spacial score (nSPS) is 12.1. The first-order chi connectivity index (χ1) is 14.2. The second-order valence-electron chi connectivity index (χ2n) is 6.34. The summed E-state index contributed by atoms with van der Waals surface area (Å²) in [5.74, 6) is 3.44. The van der Waals surface area contributed by atoms with E-state index in [0.29, 0.717) is 33.8 Å². The molecule has 8 heteroatoms. The lowest BCUT2D eigenvalue weighted by molar-refractivity contribution is 0.629. The minimum atomic E-state index is -0.632. The molecule has 0 saturated heterocycles. The van der Waals surface area contributed by atoms with E-state index < -0.39 is 6.04 Å². The summed E-state index contributed by atoms with van der Waals surface area (Å²) in [6.07, 6.45) is 8.81. The number of para-hydroxylation sites is 1. The summed E-state index contributed by atoms with van der Waals surface area (Å²) in [5, 5.41) is 3.22. The van der Waals surface area contributed by atoms with Gasteiger partial charge in [0.05, 0.1) is 17.4 Å². The van der Waals surface area contributed by atoms with E-state index in [0.717, 1.165) is 5.69 Å². The molecule has 3 aromatic heterocycles. The van der Waals surface area contributed by atoms with Gasteiger partial charge in [-0.3, -0.25) is 4.57 Å². The van der Waals surface area contributed by atoms with E-state index >= 15 is 0 Å². The van der Waals surface area contributed by atoms with Crippen molar-refractivity contribution in [2.24, 2.45) is 0 Å². The average molecular weight is 383 g/mol. The molecule has 5 rings (SSSR count). The predicted molar refractivity (Wildman–Crippen MR) is 108 cm³/mol. The third-order valence-corrected chi connectivity index (χ3v) is 4.59. The molecule has 0 aliphatic heterocycles. The maximum absolute atomic E-state index is 14.0. The number of aromatic amines is 1. The Morgan fingerprint density at radius 3 is 2.79 bits per heavy atom. The Bertz CT molecular complexity index is 1360. The number of nitrogens with one attached hydrogen (secondary N) is 2. The van der Waals surface area contributed by atoms with Crippen molar-refractivity contribution in [3.63, 3.8) is 0 Å². The molecule has 2 N–H and O–H groups in total. The van der Waals surface area contributed by atoms with Crippen molar-refractivity contribution in [2.75, 3.05) is 5.32 Å². The molecule has 0 bridgehead atoms. The van der Waals surface area contributed by atoms with Gasteiger partial charge in [0.25, 0.3) is 0 Å². The zero-order valence-electron chi connectivity index (χ0n) is 15.0. The SMILES string of the molecule is C#CC(Nc1ncnc2nc[nH]c12)c1nc2ccc(F)cc2n1-c1ccccc1. The highest BCUT2D eigenvalue weighted by molar-refractivity contribution is 5.83. The predicted octanol–water partition coefficient (Wildman–Crippen LogP) is 3.62. The van der Waals surface area contributed by atoms with Crippen molar-refractivity contribution in [2.45, 2.75) is 6.04 Å². The summed E-state index contributed by atoms with van der Waals surface area (Å²) in [7, 11) is 0. The van der Waals surface area contributed by atoms with E-state index in [1.54, 1.807) is 6.07 Å². The lowest BCUT2D eigenvalue weighted by Gasteiger charge is -2.16. The van der Waals surface area contributed by atoms with Crippen LogP contribution in [0.3, 0.4) is 0 Å². The first-order valence-corrected chi connectivity index (χ1v) is 8.84. The van der Waals surface area contributed by atoms with Gasteiger partial charge in [-0.25, -0.2) is 24.3 Å². The van der Waals surface area contributed by atoms with Crippen LogP contribution in [-0.2, 0) is 0 Å². The molecule has 2 aromatic carbocycles.